The van der Waals surface area contributed by atoms with Crippen molar-refractivity contribution in [2.24, 2.45) is 5.84 Å². The van der Waals surface area contributed by atoms with Gasteiger partial charge in [-0.25, -0.2) is 15.8 Å². The smallest absolute Gasteiger partial charge is 0.237 e. The molecular weight excluding hydrogens is 116 g/mol. The molecule has 4 nitrogen and oxygen atoms in total. The van der Waals surface area contributed by atoms with Gasteiger partial charge in [0, 0.05) is 11.9 Å². The Labute approximate surface area is 53.1 Å². The van der Waals surface area contributed by atoms with Crippen molar-refractivity contribution in [3.63, 3.8) is 0 Å². The summed E-state index contributed by atoms with van der Waals surface area (Å²) in [6, 6.07) is 1.81. The summed E-state index contributed by atoms with van der Waals surface area (Å²) >= 11 is 0. The van der Waals surface area contributed by atoms with E-state index in [1.165, 1.54) is 0 Å². The fourth-order valence-corrected chi connectivity index (χ4v) is 0.518. The number of aromatic nitrogens is 2. The topological polar surface area (TPSA) is 63.8 Å². The van der Waals surface area contributed by atoms with Gasteiger partial charge in [-0.15, -0.1) is 0 Å². The first-order valence-corrected chi connectivity index (χ1v) is 2.59. The molecule has 1 rings (SSSR count). The molecule has 0 unspecified atom stereocenters. The number of anilines is 1. The predicted molar refractivity (Wildman–Crippen MR) is 34.6 cm³/mol. The van der Waals surface area contributed by atoms with Crippen molar-refractivity contribution < 1.29 is 0 Å². The maximum Gasteiger partial charge on any atom is 0.237 e. The molecule has 4 heteroatoms. The van der Waals surface area contributed by atoms with Gasteiger partial charge in [-0.1, -0.05) is 0 Å². The molecule has 0 aliphatic rings. The lowest BCUT2D eigenvalue weighted by Crippen LogP contribution is -2.10. The lowest BCUT2D eigenvalue weighted by Gasteiger charge is -1.95. The molecule has 0 fully saturated rings. The van der Waals surface area contributed by atoms with E-state index in [9.17, 15) is 0 Å². The van der Waals surface area contributed by atoms with Crippen LogP contribution in [0.3, 0.4) is 0 Å². The lowest BCUT2D eigenvalue weighted by molar-refractivity contribution is 1.07. The number of nitrogens with two attached hydrogens (primary N) is 1. The minimum Gasteiger partial charge on any atom is -0.292 e. The van der Waals surface area contributed by atoms with E-state index in [4.69, 9.17) is 5.84 Å². The first kappa shape index (κ1) is 5.97. The molecule has 0 saturated heterocycles. The number of nitrogens with zero attached hydrogens (tertiary/aromatic N) is 2. The minimum atomic E-state index is 0.454. The monoisotopic (exact) mass is 124 g/mol. The summed E-state index contributed by atoms with van der Waals surface area (Å²) in [5.74, 6) is 5.50. The summed E-state index contributed by atoms with van der Waals surface area (Å²) in [5, 5.41) is 0. The number of hydrazine groups is 1. The summed E-state index contributed by atoms with van der Waals surface area (Å²) in [7, 11) is 0. The molecule has 48 valence electrons. The number of hydrogen-bond acceptors (Lipinski definition) is 4. The molecule has 0 saturated carbocycles. The predicted octanol–water partition coefficient (Wildman–Crippen LogP) is 0.0706. The van der Waals surface area contributed by atoms with Crippen LogP contribution in [0.2, 0.25) is 0 Å². The van der Waals surface area contributed by atoms with Gasteiger partial charge in [0.1, 0.15) is 0 Å². The highest BCUT2D eigenvalue weighted by Crippen LogP contribution is 1.94. The van der Waals surface area contributed by atoms with Crippen LogP contribution < -0.4 is 11.3 Å². The minimum absolute atomic E-state index is 0.454. The number of aryl methyl sites for hydroxylation is 1. The second-order valence-electron chi connectivity index (χ2n) is 1.67. The Morgan fingerprint density at radius 2 is 2.44 bits per heavy atom. The average molecular weight is 124 g/mol. The number of rotatable bonds is 1. The summed E-state index contributed by atoms with van der Waals surface area (Å²) in [5.41, 5.74) is 3.25. The van der Waals surface area contributed by atoms with Gasteiger partial charge in [-0.3, -0.25) is 5.43 Å². The molecule has 1 aromatic heterocycles. The zero-order valence-electron chi connectivity index (χ0n) is 5.13. The second kappa shape index (κ2) is 2.41. The quantitative estimate of drug-likeness (QED) is 0.411. The maximum absolute atomic E-state index is 5.04. The number of hydrogen-bond donors (Lipinski definition) is 2. The Balaban J connectivity index is 2.94. The molecule has 0 atom stereocenters. The van der Waals surface area contributed by atoms with Crippen LogP contribution in [-0.4, -0.2) is 9.97 Å². The summed E-state index contributed by atoms with van der Waals surface area (Å²) < 4.78 is 0. The maximum atomic E-state index is 5.04. The van der Waals surface area contributed by atoms with Gasteiger partial charge < -0.3 is 0 Å². The second-order valence-corrected chi connectivity index (χ2v) is 1.67. The van der Waals surface area contributed by atoms with Gasteiger partial charge in [-0.2, -0.15) is 0 Å². The van der Waals surface area contributed by atoms with Gasteiger partial charge in [0.05, 0.1) is 0 Å². The normalized spacial score (nSPS) is 9.11. The van der Waals surface area contributed by atoms with Gasteiger partial charge in [0.2, 0.25) is 5.95 Å². The van der Waals surface area contributed by atoms with Gasteiger partial charge in [0.25, 0.3) is 0 Å². The Hall–Kier alpha value is -1.16. The first-order valence-electron chi connectivity index (χ1n) is 2.59. The van der Waals surface area contributed by atoms with E-state index in [-0.39, 0.29) is 0 Å². The van der Waals surface area contributed by atoms with Gasteiger partial charge in [0.15, 0.2) is 0 Å². The largest absolute Gasteiger partial charge is 0.292 e. The third-order valence-corrected chi connectivity index (χ3v) is 0.924. The molecule has 0 aromatic carbocycles. The molecule has 0 radical (unpaired) electrons. The molecule has 1 aromatic rings. The third-order valence-electron chi connectivity index (χ3n) is 0.924. The molecule has 0 aliphatic heterocycles. The SMILES string of the molecule is Cc1ccnc(NN)n1. The molecule has 0 amide bonds. The highest BCUT2D eigenvalue weighted by molar-refractivity contribution is 5.21. The summed E-state index contributed by atoms with van der Waals surface area (Å²) in [4.78, 5) is 7.76. The molecule has 3 N–H and O–H groups in total. The van der Waals surface area contributed by atoms with Crippen LogP contribution in [0.5, 0.6) is 0 Å². The van der Waals surface area contributed by atoms with E-state index < -0.39 is 0 Å². The van der Waals surface area contributed by atoms with E-state index >= 15 is 0 Å². The molecule has 9 heavy (non-hydrogen) atoms. The standard InChI is InChI=1S/C5H8N4/c1-4-2-3-7-5(8-4)9-6/h2-3H,6H2,1H3,(H,7,8,9). The van der Waals surface area contributed by atoms with Crippen molar-refractivity contribution >= 4 is 5.95 Å². The summed E-state index contributed by atoms with van der Waals surface area (Å²) in [6.07, 6.45) is 1.65. The van der Waals surface area contributed by atoms with E-state index in [0.717, 1.165) is 5.69 Å². The van der Waals surface area contributed by atoms with Gasteiger partial charge >= 0.3 is 0 Å². The average Bonchev–Trinajstić information content (AvgIpc) is 1.88. The van der Waals surface area contributed by atoms with Crippen LogP contribution in [0.25, 0.3) is 0 Å². The van der Waals surface area contributed by atoms with Crippen molar-refractivity contribution in [1.29, 1.82) is 0 Å². The van der Waals surface area contributed by atoms with Crippen LogP contribution in [0, 0.1) is 6.92 Å². The first-order chi connectivity index (χ1) is 4.33. The lowest BCUT2D eigenvalue weighted by atomic mass is 10.5. The third kappa shape index (κ3) is 1.36. The fraction of sp³-hybridized carbons (Fsp3) is 0.200. The van der Waals surface area contributed by atoms with Crippen LogP contribution in [0.4, 0.5) is 5.95 Å². The Kier molecular flexibility index (Phi) is 1.60. The zero-order valence-corrected chi connectivity index (χ0v) is 5.13. The van der Waals surface area contributed by atoms with Crippen LogP contribution in [0.1, 0.15) is 5.69 Å². The van der Waals surface area contributed by atoms with E-state index in [1.807, 2.05) is 6.92 Å². The number of nitrogens with one attached hydrogen (secondary N) is 1. The van der Waals surface area contributed by atoms with E-state index in [1.54, 1.807) is 12.3 Å². The van der Waals surface area contributed by atoms with E-state index in [2.05, 4.69) is 15.4 Å². The Bertz CT molecular complexity index is 198. The van der Waals surface area contributed by atoms with Gasteiger partial charge in [-0.05, 0) is 13.0 Å². The molecular formula is C5H8N4. The zero-order chi connectivity index (χ0) is 6.69. The van der Waals surface area contributed by atoms with Crippen molar-refractivity contribution in [1.82, 2.24) is 9.97 Å². The molecule has 0 aliphatic carbocycles. The van der Waals surface area contributed by atoms with Crippen molar-refractivity contribution in [3.05, 3.63) is 18.0 Å². The van der Waals surface area contributed by atoms with Crippen LogP contribution in [0.15, 0.2) is 12.3 Å². The van der Waals surface area contributed by atoms with Crippen molar-refractivity contribution in [2.75, 3.05) is 5.43 Å². The Morgan fingerprint density at radius 3 is 2.89 bits per heavy atom. The molecule has 0 spiro atoms. The van der Waals surface area contributed by atoms with Crippen LogP contribution in [-0.2, 0) is 0 Å². The van der Waals surface area contributed by atoms with Crippen LogP contribution >= 0.6 is 0 Å². The Morgan fingerprint density at radius 1 is 1.67 bits per heavy atom. The van der Waals surface area contributed by atoms with E-state index in [0.29, 0.717) is 5.95 Å². The van der Waals surface area contributed by atoms with Crippen molar-refractivity contribution in [3.8, 4) is 0 Å². The molecule has 1 heterocycles. The number of nitrogen functional groups attached to an aromatic ring is 1. The highest BCUT2D eigenvalue weighted by Gasteiger charge is 1.88. The highest BCUT2D eigenvalue weighted by atomic mass is 15.3. The summed E-state index contributed by atoms with van der Waals surface area (Å²) in [6.45, 7) is 1.88. The fourth-order valence-electron chi connectivity index (χ4n) is 0.518. The van der Waals surface area contributed by atoms with Crippen molar-refractivity contribution in [2.45, 2.75) is 6.92 Å². The molecule has 0 bridgehead atoms.